The minimum atomic E-state index is -4.14. The zero-order valence-electron chi connectivity index (χ0n) is 20.0. The second-order valence-corrected chi connectivity index (χ2v) is 11.1. The number of sulfonamides is 1. The molecule has 12 heteroatoms. The number of fused-ring (bicyclic) bond motifs is 1. The minimum absolute atomic E-state index is 0. The Balaban J connectivity index is 0.00000320. The molecule has 1 fully saturated rings. The number of aromatic nitrogens is 2. The highest BCUT2D eigenvalue weighted by Gasteiger charge is 2.32. The molecular weight excluding hydrogens is 524 g/mol. The number of hydrogen-bond acceptors (Lipinski definition) is 6. The van der Waals surface area contributed by atoms with Crippen LogP contribution in [0.2, 0.25) is 0 Å². The van der Waals surface area contributed by atoms with Gasteiger partial charge in [0.2, 0.25) is 10.0 Å². The van der Waals surface area contributed by atoms with Crippen molar-refractivity contribution in [3.63, 3.8) is 0 Å². The number of carbonyl (C=O) groups is 1. The van der Waals surface area contributed by atoms with Gasteiger partial charge in [0.05, 0.1) is 17.0 Å². The summed E-state index contributed by atoms with van der Waals surface area (Å²) in [7, 11) is -4.14. The summed E-state index contributed by atoms with van der Waals surface area (Å²) in [6.45, 7) is 1.81. The van der Waals surface area contributed by atoms with E-state index >= 15 is 0 Å². The van der Waals surface area contributed by atoms with Gasteiger partial charge in [-0.05, 0) is 43.7 Å². The van der Waals surface area contributed by atoms with E-state index in [1.807, 2.05) is 12.1 Å². The Bertz CT molecular complexity index is 1370. The maximum absolute atomic E-state index is 13.7. The Kier molecular flexibility index (Phi) is 8.27. The maximum atomic E-state index is 13.7. The van der Waals surface area contributed by atoms with Crippen LogP contribution in [0.5, 0.6) is 0 Å². The number of ketones is 1. The number of carbonyl (C=O) groups excluding carboxylic acids is 1. The van der Waals surface area contributed by atoms with Gasteiger partial charge in [0, 0.05) is 60.7 Å². The molecule has 1 saturated heterocycles. The first kappa shape index (κ1) is 27.2. The van der Waals surface area contributed by atoms with Gasteiger partial charge < -0.3 is 10.6 Å². The third-order valence-corrected chi connectivity index (χ3v) is 8.54. The smallest absolute Gasteiger partial charge is 0.243 e. The minimum Gasteiger partial charge on any atom is -0.383 e. The van der Waals surface area contributed by atoms with Gasteiger partial charge in [-0.1, -0.05) is 12.1 Å². The van der Waals surface area contributed by atoms with E-state index in [1.165, 1.54) is 0 Å². The summed E-state index contributed by atoms with van der Waals surface area (Å²) in [5.41, 5.74) is 3.14. The highest BCUT2D eigenvalue weighted by atomic mass is 35.5. The Labute approximate surface area is 220 Å². The molecule has 2 aliphatic heterocycles. The van der Waals surface area contributed by atoms with E-state index in [1.54, 1.807) is 12.1 Å². The van der Waals surface area contributed by atoms with Crippen LogP contribution in [0.15, 0.2) is 47.4 Å². The quantitative estimate of drug-likeness (QED) is 0.370. The molecule has 198 valence electrons. The number of nitrogens with zero attached hydrogens (tertiary/aromatic N) is 2. The SMILES string of the molecule is Cl.O=C(Cc1n[nH]c2c1CN(S(=O)(=O)c1cc(F)cc(F)c1)CC2)c1ccccc1NC[C@@H]1CCCN1. The van der Waals surface area contributed by atoms with Crippen molar-refractivity contribution in [3.8, 4) is 0 Å². The molecule has 0 radical (unpaired) electrons. The number of benzene rings is 2. The zero-order valence-corrected chi connectivity index (χ0v) is 21.6. The normalized spacial score (nSPS) is 17.7. The molecule has 0 aliphatic carbocycles. The monoisotopic (exact) mass is 551 g/mol. The Hall–Kier alpha value is -2.86. The van der Waals surface area contributed by atoms with Crippen molar-refractivity contribution < 1.29 is 22.0 Å². The maximum Gasteiger partial charge on any atom is 0.243 e. The molecule has 5 rings (SSSR count). The van der Waals surface area contributed by atoms with Crippen LogP contribution in [-0.2, 0) is 29.4 Å². The summed E-state index contributed by atoms with van der Waals surface area (Å²) < 4.78 is 54.7. The van der Waals surface area contributed by atoms with Crippen LogP contribution in [0.25, 0.3) is 0 Å². The van der Waals surface area contributed by atoms with Crippen molar-refractivity contribution in [1.82, 2.24) is 19.8 Å². The molecule has 0 unspecified atom stereocenters. The zero-order chi connectivity index (χ0) is 25.3. The lowest BCUT2D eigenvalue weighted by atomic mass is 10.00. The average molecular weight is 552 g/mol. The van der Waals surface area contributed by atoms with Crippen LogP contribution >= 0.6 is 12.4 Å². The summed E-state index contributed by atoms with van der Waals surface area (Å²) >= 11 is 0. The van der Waals surface area contributed by atoms with Crippen LogP contribution in [-0.4, -0.2) is 54.4 Å². The van der Waals surface area contributed by atoms with E-state index in [9.17, 15) is 22.0 Å². The first-order valence-electron chi connectivity index (χ1n) is 11.9. The van der Waals surface area contributed by atoms with Gasteiger partial charge >= 0.3 is 0 Å². The first-order valence-corrected chi connectivity index (χ1v) is 13.4. The lowest BCUT2D eigenvalue weighted by molar-refractivity contribution is 0.0992. The first-order chi connectivity index (χ1) is 17.3. The Morgan fingerprint density at radius 3 is 2.65 bits per heavy atom. The fraction of sp³-hybridized carbons (Fsp3) is 0.360. The highest BCUT2D eigenvalue weighted by Crippen LogP contribution is 2.28. The molecule has 8 nitrogen and oxygen atoms in total. The van der Waals surface area contributed by atoms with E-state index in [0.717, 1.165) is 53.8 Å². The lowest BCUT2D eigenvalue weighted by Crippen LogP contribution is -2.36. The van der Waals surface area contributed by atoms with Crippen molar-refractivity contribution in [2.75, 3.05) is 25.0 Å². The fourth-order valence-electron chi connectivity index (χ4n) is 4.80. The predicted octanol–water partition coefficient (Wildman–Crippen LogP) is 3.45. The van der Waals surface area contributed by atoms with Crippen molar-refractivity contribution in [1.29, 1.82) is 0 Å². The summed E-state index contributed by atoms with van der Waals surface area (Å²) in [6.07, 6.45) is 2.57. The molecule has 1 aromatic heterocycles. The van der Waals surface area contributed by atoms with Gasteiger partial charge in [-0.25, -0.2) is 17.2 Å². The molecule has 37 heavy (non-hydrogen) atoms. The summed E-state index contributed by atoms with van der Waals surface area (Å²) in [5, 5.41) is 14.0. The summed E-state index contributed by atoms with van der Waals surface area (Å²) in [4.78, 5) is 12.8. The number of H-pyrrole nitrogens is 1. The standard InChI is InChI=1S/C25H27F2N5O3S.ClH/c26-16-10-17(27)12-19(11-16)36(34,35)32-9-7-23-21(15-32)24(31-30-23)13-25(33)20-5-1-2-6-22(20)29-14-18-4-3-8-28-18;/h1-2,5-6,10-12,18,28-29H,3-4,7-9,13-15H2,(H,30,31);1H/t18-;/m0./s1. The largest absolute Gasteiger partial charge is 0.383 e. The van der Waals surface area contributed by atoms with Gasteiger partial charge in [0.1, 0.15) is 11.6 Å². The van der Waals surface area contributed by atoms with Crippen molar-refractivity contribution in [3.05, 3.63) is 76.6 Å². The van der Waals surface area contributed by atoms with Gasteiger partial charge in [-0.3, -0.25) is 9.89 Å². The van der Waals surface area contributed by atoms with Crippen molar-refractivity contribution in [2.45, 2.75) is 43.2 Å². The average Bonchev–Trinajstić information content (AvgIpc) is 3.52. The number of anilines is 1. The third-order valence-electron chi connectivity index (χ3n) is 6.71. The Morgan fingerprint density at radius 1 is 1.16 bits per heavy atom. The van der Waals surface area contributed by atoms with Crippen LogP contribution in [0.4, 0.5) is 14.5 Å². The number of halogens is 3. The molecule has 3 N–H and O–H groups in total. The van der Waals surface area contributed by atoms with Crippen LogP contribution in [0.1, 0.15) is 40.2 Å². The number of Topliss-reactive ketones (excluding diaryl/α,β-unsaturated/α-hetero) is 1. The fourth-order valence-corrected chi connectivity index (χ4v) is 6.25. The summed E-state index contributed by atoms with van der Waals surface area (Å²) in [5.74, 6) is -2.06. The molecule has 2 aliphatic rings. The van der Waals surface area contributed by atoms with Crippen LogP contribution in [0, 0.1) is 11.6 Å². The molecule has 0 bridgehead atoms. The summed E-state index contributed by atoms with van der Waals surface area (Å²) in [6, 6.07) is 9.91. The molecule has 1 atom stereocenters. The van der Waals surface area contributed by atoms with Gasteiger partial charge in [0.15, 0.2) is 5.78 Å². The van der Waals surface area contributed by atoms with E-state index in [0.29, 0.717) is 35.3 Å². The number of aromatic amines is 1. The van der Waals surface area contributed by atoms with Crippen LogP contribution in [0.3, 0.4) is 0 Å². The molecule has 3 aromatic rings. The second kappa shape index (κ2) is 11.3. The number of hydrogen-bond donors (Lipinski definition) is 3. The molecule has 0 spiro atoms. The number of nitrogens with one attached hydrogen (secondary N) is 3. The third kappa shape index (κ3) is 5.85. The lowest BCUT2D eigenvalue weighted by Gasteiger charge is -2.26. The Morgan fingerprint density at radius 2 is 1.92 bits per heavy atom. The molecule has 0 amide bonds. The van der Waals surface area contributed by atoms with E-state index in [2.05, 4.69) is 20.8 Å². The van der Waals surface area contributed by atoms with E-state index < -0.39 is 26.6 Å². The molecule has 3 heterocycles. The van der Waals surface area contributed by atoms with Crippen molar-refractivity contribution >= 4 is 33.9 Å². The van der Waals surface area contributed by atoms with Crippen LogP contribution < -0.4 is 10.6 Å². The molecule has 2 aromatic carbocycles. The highest BCUT2D eigenvalue weighted by molar-refractivity contribution is 7.89. The second-order valence-electron chi connectivity index (χ2n) is 9.14. The predicted molar refractivity (Wildman–Crippen MR) is 137 cm³/mol. The molecule has 0 saturated carbocycles. The van der Waals surface area contributed by atoms with Gasteiger partial charge in [-0.2, -0.15) is 9.40 Å². The molecular formula is C25H28ClF2N5O3S. The number of para-hydroxylation sites is 1. The number of rotatable bonds is 8. The van der Waals surface area contributed by atoms with Gasteiger partial charge in [-0.15, -0.1) is 12.4 Å². The van der Waals surface area contributed by atoms with E-state index in [-0.39, 0.29) is 37.7 Å². The van der Waals surface area contributed by atoms with E-state index in [4.69, 9.17) is 0 Å². The van der Waals surface area contributed by atoms with Crippen molar-refractivity contribution in [2.24, 2.45) is 0 Å². The van der Waals surface area contributed by atoms with Gasteiger partial charge in [0.25, 0.3) is 0 Å². The topological polar surface area (TPSA) is 107 Å².